The number of rotatable bonds is 3. The molecule has 1 saturated carbocycles. The minimum Gasteiger partial charge on any atom is -0.507 e. The summed E-state index contributed by atoms with van der Waals surface area (Å²) in [5.74, 6) is -1.19. The van der Waals surface area contributed by atoms with Crippen molar-refractivity contribution in [2.45, 2.75) is 38.2 Å². The molecule has 1 aliphatic rings. The Balaban J connectivity index is 0.000000318. The van der Waals surface area contributed by atoms with Crippen LogP contribution in [-0.2, 0) is 0 Å². The lowest BCUT2D eigenvalue weighted by atomic mass is 9.98. The van der Waals surface area contributed by atoms with Gasteiger partial charge in [-0.05, 0) is 66.9 Å². The van der Waals surface area contributed by atoms with Crippen molar-refractivity contribution in [3.05, 3.63) is 84.3 Å². The Labute approximate surface area is 191 Å². The number of benzene rings is 3. The summed E-state index contributed by atoms with van der Waals surface area (Å²) < 4.78 is 15.1. The van der Waals surface area contributed by atoms with Gasteiger partial charge in [-0.1, -0.05) is 37.5 Å². The van der Waals surface area contributed by atoms with Crippen LogP contribution in [0.4, 0.5) is 4.39 Å². The third-order valence-electron chi connectivity index (χ3n) is 5.93. The van der Waals surface area contributed by atoms with Gasteiger partial charge in [0.2, 0.25) is 0 Å². The summed E-state index contributed by atoms with van der Waals surface area (Å²) in [5, 5.41) is 29.0. The van der Waals surface area contributed by atoms with Crippen LogP contribution in [0.25, 0.3) is 27.7 Å². The highest BCUT2D eigenvalue weighted by Crippen LogP contribution is 2.37. The molecule has 3 aromatic carbocycles. The van der Waals surface area contributed by atoms with E-state index in [0.29, 0.717) is 5.39 Å². The summed E-state index contributed by atoms with van der Waals surface area (Å²) in [5.41, 5.74) is 3.27. The predicted octanol–water partition coefficient (Wildman–Crippen LogP) is 6.15. The maximum absolute atomic E-state index is 13.3. The van der Waals surface area contributed by atoms with Gasteiger partial charge in [-0.2, -0.15) is 0 Å². The average molecular weight is 448 g/mol. The van der Waals surface area contributed by atoms with Crippen molar-refractivity contribution in [3.63, 3.8) is 0 Å². The highest BCUT2D eigenvalue weighted by Gasteiger charge is 2.15. The van der Waals surface area contributed by atoms with Crippen LogP contribution in [0.1, 0.15) is 42.5 Å². The number of fused-ring (bicyclic) bond motifs is 1. The summed E-state index contributed by atoms with van der Waals surface area (Å²) in [6.45, 7) is 0. The lowest BCUT2D eigenvalue weighted by molar-refractivity contribution is 0.0697. The first-order chi connectivity index (χ1) is 15.9. The summed E-state index contributed by atoms with van der Waals surface area (Å²) in [7, 11) is 0. The maximum atomic E-state index is 13.3. The number of phenols is 1. The first kappa shape index (κ1) is 22.6. The van der Waals surface area contributed by atoms with Crippen molar-refractivity contribution in [3.8, 4) is 22.6 Å². The Morgan fingerprint density at radius 1 is 0.909 bits per heavy atom. The van der Waals surface area contributed by atoms with E-state index in [0.717, 1.165) is 35.2 Å². The predicted molar refractivity (Wildman–Crippen MR) is 126 cm³/mol. The Hall–Kier alpha value is -3.64. The molecule has 0 saturated heterocycles. The summed E-state index contributed by atoms with van der Waals surface area (Å²) in [4.78, 5) is 11.1. The number of carbonyl (C=O) groups is 1. The Morgan fingerprint density at radius 3 is 2.15 bits per heavy atom. The van der Waals surface area contributed by atoms with Crippen LogP contribution < -0.4 is 0 Å². The number of aromatic carboxylic acids is 1. The highest BCUT2D eigenvalue weighted by atomic mass is 19.1. The van der Waals surface area contributed by atoms with Gasteiger partial charge in [0.1, 0.15) is 11.6 Å². The minimum absolute atomic E-state index is 0.0359. The molecular formula is C27H26FNO4. The molecule has 33 heavy (non-hydrogen) atoms. The van der Waals surface area contributed by atoms with E-state index in [4.69, 9.17) is 10.2 Å². The third-order valence-corrected chi connectivity index (χ3v) is 5.93. The number of carboxylic acid groups (broad SMARTS) is 1. The van der Waals surface area contributed by atoms with Crippen LogP contribution >= 0.6 is 0 Å². The molecule has 1 heterocycles. The smallest absolute Gasteiger partial charge is 0.335 e. The molecule has 3 N–H and O–H groups in total. The van der Waals surface area contributed by atoms with Gasteiger partial charge in [-0.25, -0.2) is 9.18 Å². The molecule has 5 rings (SSSR count). The zero-order valence-electron chi connectivity index (χ0n) is 18.1. The largest absolute Gasteiger partial charge is 0.507 e. The minimum atomic E-state index is -0.992. The number of phenolic OH excluding ortho intramolecular Hbond substituents is 1. The van der Waals surface area contributed by atoms with E-state index in [2.05, 4.69) is 0 Å². The second-order valence-corrected chi connectivity index (χ2v) is 8.23. The van der Waals surface area contributed by atoms with Crippen LogP contribution in [0.5, 0.6) is 5.75 Å². The SMILES string of the molecule is O=C(O)c1ccc(-c2cn(-c3ccc(F)cc3)c3cccc(O)c23)cc1.OC1CCCCC1. The molecule has 170 valence electrons. The van der Waals surface area contributed by atoms with Crippen molar-refractivity contribution >= 4 is 16.9 Å². The van der Waals surface area contributed by atoms with Gasteiger partial charge in [0.05, 0.1) is 17.2 Å². The normalized spacial score (nSPS) is 14.0. The van der Waals surface area contributed by atoms with Crippen LogP contribution in [0.3, 0.4) is 0 Å². The van der Waals surface area contributed by atoms with Gasteiger partial charge in [0.25, 0.3) is 0 Å². The monoisotopic (exact) mass is 447 g/mol. The third kappa shape index (κ3) is 5.07. The molecular weight excluding hydrogens is 421 g/mol. The molecule has 0 spiro atoms. The molecule has 1 aromatic heterocycles. The average Bonchev–Trinajstić information content (AvgIpc) is 3.22. The van der Waals surface area contributed by atoms with E-state index in [1.807, 2.05) is 16.8 Å². The summed E-state index contributed by atoms with van der Waals surface area (Å²) in [6, 6.07) is 17.8. The number of halogens is 1. The van der Waals surface area contributed by atoms with Crippen molar-refractivity contribution in [2.75, 3.05) is 0 Å². The number of aromatic hydroxyl groups is 1. The molecule has 0 unspecified atom stereocenters. The first-order valence-corrected chi connectivity index (χ1v) is 11.0. The van der Waals surface area contributed by atoms with E-state index in [1.54, 1.807) is 36.4 Å². The molecule has 0 amide bonds. The number of aliphatic hydroxyl groups is 1. The standard InChI is InChI=1S/C21H14FNO3.C6H12O/c22-15-8-10-16(11-9-15)23-12-17(20-18(23)2-1-3-19(20)24)13-4-6-14(7-5-13)21(25)26;7-6-4-2-1-3-5-6/h1-12,24H,(H,25,26);6-7H,1-5H2. The molecule has 4 aromatic rings. The van der Waals surface area contributed by atoms with Gasteiger partial charge in [0.15, 0.2) is 0 Å². The number of aliphatic hydroxyl groups excluding tert-OH is 1. The highest BCUT2D eigenvalue weighted by molar-refractivity contribution is 6.01. The van der Waals surface area contributed by atoms with E-state index in [9.17, 15) is 14.3 Å². The van der Waals surface area contributed by atoms with Crippen molar-refractivity contribution < 1.29 is 24.5 Å². The van der Waals surface area contributed by atoms with Crippen LogP contribution in [0, 0.1) is 5.82 Å². The second kappa shape index (κ2) is 9.88. The molecule has 0 bridgehead atoms. The van der Waals surface area contributed by atoms with Crippen molar-refractivity contribution in [1.82, 2.24) is 4.57 Å². The summed E-state index contributed by atoms with van der Waals surface area (Å²) >= 11 is 0. The Bertz CT molecular complexity index is 1240. The Kier molecular flexibility index (Phi) is 6.75. The number of carboxylic acids is 1. The number of aromatic nitrogens is 1. The first-order valence-electron chi connectivity index (χ1n) is 11.0. The van der Waals surface area contributed by atoms with Crippen LogP contribution in [0.15, 0.2) is 72.9 Å². The topological polar surface area (TPSA) is 82.7 Å². The lowest BCUT2D eigenvalue weighted by Crippen LogP contribution is -2.09. The van der Waals surface area contributed by atoms with E-state index < -0.39 is 5.97 Å². The molecule has 0 aliphatic heterocycles. The molecule has 0 atom stereocenters. The van der Waals surface area contributed by atoms with Gasteiger partial charge in [0, 0.05) is 22.8 Å². The second-order valence-electron chi connectivity index (χ2n) is 8.23. The van der Waals surface area contributed by atoms with E-state index in [1.165, 1.54) is 43.5 Å². The van der Waals surface area contributed by atoms with Gasteiger partial charge in [-0.3, -0.25) is 0 Å². The maximum Gasteiger partial charge on any atom is 0.335 e. The zero-order chi connectivity index (χ0) is 23.4. The van der Waals surface area contributed by atoms with E-state index >= 15 is 0 Å². The van der Waals surface area contributed by atoms with Gasteiger partial charge < -0.3 is 19.9 Å². The lowest BCUT2D eigenvalue weighted by Gasteiger charge is -2.14. The van der Waals surface area contributed by atoms with Gasteiger partial charge >= 0.3 is 5.97 Å². The van der Waals surface area contributed by atoms with E-state index in [-0.39, 0.29) is 23.2 Å². The number of hydrogen-bond acceptors (Lipinski definition) is 3. The van der Waals surface area contributed by atoms with Crippen LogP contribution in [0.2, 0.25) is 0 Å². The fourth-order valence-electron chi connectivity index (χ4n) is 4.18. The molecule has 1 aliphatic carbocycles. The summed E-state index contributed by atoms with van der Waals surface area (Å²) in [6.07, 6.45) is 7.78. The fraction of sp³-hybridized carbons (Fsp3) is 0.222. The quantitative estimate of drug-likeness (QED) is 0.352. The number of hydrogen-bond donors (Lipinski definition) is 3. The van der Waals surface area contributed by atoms with Crippen molar-refractivity contribution in [2.24, 2.45) is 0 Å². The fourth-order valence-corrected chi connectivity index (χ4v) is 4.18. The number of nitrogens with zero attached hydrogens (tertiary/aromatic N) is 1. The zero-order valence-corrected chi connectivity index (χ0v) is 18.1. The van der Waals surface area contributed by atoms with Crippen LogP contribution in [-0.4, -0.2) is 32.0 Å². The molecule has 0 radical (unpaired) electrons. The van der Waals surface area contributed by atoms with Gasteiger partial charge in [-0.15, -0.1) is 0 Å². The molecule has 5 nitrogen and oxygen atoms in total. The molecule has 1 fully saturated rings. The molecule has 6 heteroatoms. The Morgan fingerprint density at radius 2 is 1.58 bits per heavy atom. The van der Waals surface area contributed by atoms with Crippen molar-refractivity contribution in [1.29, 1.82) is 0 Å².